The lowest BCUT2D eigenvalue weighted by atomic mass is 9.89. The van der Waals surface area contributed by atoms with Crippen molar-refractivity contribution in [2.24, 2.45) is 10.9 Å². The van der Waals surface area contributed by atoms with Crippen LogP contribution in [0.4, 0.5) is 0 Å². The molecule has 6 heteroatoms. The maximum Gasteiger partial charge on any atom is 0.223 e. The van der Waals surface area contributed by atoms with Crippen molar-refractivity contribution in [3.05, 3.63) is 0 Å². The lowest BCUT2D eigenvalue weighted by molar-refractivity contribution is -0.125. The minimum Gasteiger partial charge on any atom is -0.355 e. The normalized spacial score (nSPS) is 23.3. The molecule has 1 saturated carbocycles. The fourth-order valence-corrected chi connectivity index (χ4v) is 4.31. The van der Waals surface area contributed by atoms with Crippen LogP contribution in [0.3, 0.4) is 0 Å². The molecule has 5 nitrogen and oxygen atoms in total. The van der Waals surface area contributed by atoms with Gasteiger partial charge in [-0.1, -0.05) is 19.3 Å². The van der Waals surface area contributed by atoms with Crippen LogP contribution >= 0.6 is 11.8 Å². The Balaban J connectivity index is 1.54. The first kappa shape index (κ1) is 17.4. The summed E-state index contributed by atoms with van der Waals surface area (Å²) in [6.45, 7) is 2.35. The number of carbonyl (C=O) groups is 1. The van der Waals surface area contributed by atoms with E-state index in [1.54, 1.807) is 7.05 Å². The van der Waals surface area contributed by atoms with Crippen molar-refractivity contribution < 1.29 is 4.79 Å². The maximum absolute atomic E-state index is 12.0. The second kappa shape index (κ2) is 9.98. The van der Waals surface area contributed by atoms with E-state index in [2.05, 4.69) is 20.9 Å². The molecule has 126 valence electrons. The Hall–Kier alpha value is -0.910. The third-order valence-electron chi connectivity index (χ3n) is 4.44. The van der Waals surface area contributed by atoms with Crippen molar-refractivity contribution in [1.82, 2.24) is 16.0 Å². The highest BCUT2D eigenvalue weighted by Crippen LogP contribution is 2.25. The quantitative estimate of drug-likeness (QED) is 0.395. The van der Waals surface area contributed by atoms with Gasteiger partial charge in [0.1, 0.15) is 0 Å². The molecule has 3 N–H and O–H groups in total. The largest absolute Gasteiger partial charge is 0.355 e. The van der Waals surface area contributed by atoms with Gasteiger partial charge in [-0.3, -0.25) is 9.79 Å². The molecule has 0 bridgehead atoms. The molecule has 0 aromatic carbocycles. The van der Waals surface area contributed by atoms with Gasteiger partial charge in [0.2, 0.25) is 5.91 Å². The van der Waals surface area contributed by atoms with E-state index >= 15 is 0 Å². The Morgan fingerprint density at radius 3 is 2.50 bits per heavy atom. The summed E-state index contributed by atoms with van der Waals surface area (Å²) in [6, 6.07) is 0. The number of thioether (sulfide) groups is 1. The van der Waals surface area contributed by atoms with Gasteiger partial charge in [0.15, 0.2) is 5.96 Å². The number of hydrogen-bond acceptors (Lipinski definition) is 3. The van der Waals surface area contributed by atoms with Gasteiger partial charge in [-0.25, -0.2) is 0 Å². The number of amides is 1. The topological polar surface area (TPSA) is 65.5 Å². The number of nitrogens with zero attached hydrogens (tertiary/aromatic N) is 1. The average Bonchev–Trinajstić information content (AvgIpc) is 3.08. The lowest BCUT2D eigenvalue weighted by Crippen LogP contribution is -2.44. The minimum atomic E-state index is 0.229. The monoisotopic (exact) mass is 326 g/mol. The zero-order valence-corrected chi connectivity index (χ0v) is 14.5. The van der Waals surface area contributed by atoms with E-state index in [0.29, 0.717) is 11.8 Å². The number of carbonyl (C=O) groups excluding carboxylic acids is 1. The van der Waals surface area contributed by atoms with Crippen LogP contribution in [0.1, 0.15) is 44.9 Å². The Morgan fingerprint density at radius 2 is 1.82 bits per heavy atom. The van der Waals surface area contributed by atoms with E-state index in [0.717, 1.165) is 31.9 Å². The molecular weight excluding hydrogens is 296 g/mol. The zero-order valence-electron chi connectivity index (χ0n) is 13.7. The van der Waals surface area contributed by atoms with E-state index in [9.17, 15) is 4.79 Å². The van der Waals surface area contributed by atoms with Crippen LogP contribution in [-0.2, 0) is 4.79 Å². The van der Waals surface area contributed by atoms with E-state index in [4.69, 9.17) is 0 Å². The molecule has 2 fully saturated rings. The van der Waals surface area contributed by atoms with Crippen molar-refractivity contribution in [2.45, 2.75) is 50.2 Å². The van der Waals surface area contributed by atoms with Crippen LogP contribution in [0.25, 0.3) is 0 Å². The third-order valence-corrected chi connectivity index (χ3v) is 5.84. The summed E-state index contributed by atoms with van der Waals surface area (Å²) in [5.74, 6) is 2.59. The van der Waals surface area contributed by atoms with Crippen molar-refractivity contribution in [3.8, 4) is 0 Å². The molecule has 2 rings (SSSR count). The first-order chi connectivity index (χ1) is 10.8. The molecule has 0 spiro atoms. The molecule has 1 aliphatic heterocycles. The van der Waals surface area contributed by atoms with Crippen LogP contribution in [0.15, 0.2) is 4.99 Å². The number of aliphatic imine (C=N–C) groups is 1. The van der Waals surface area contributed by atoms with Crippen LogP contribution in [0.2, 0.25) is 0 Å². The van der Waals surface area contributed by atoms with Gasteiger partial charge in [0.25, 0.3) is 0 Å². The molecule has 1 unspecified atom stereocenters. The summed E-state index contributed by atoms with van der Waals surface area (Å²) in [4.78, 5) is 16.3. The first-order valence-corrected chi connectivity index (χ1v) is 9.68. The van der Waals surface area contributed by atoms with Gasteiger partial charge in [0, 0.05) is 37.8 Å². The van der Waals surface area contributed by atoms with Gasteiger partial charge in [-0.15, -0.1) is 0 Å². The van der Waals surface area contributed by atoms with Crippen LogP contribution < -0.4 is 16.0 Å². The lowest BCUT2D eigenvalue weighted by Gasteiger charge is -2.21. The number of rotatable bonds is 6. The summed E-state index contributed by atoms with van der Waals surface area (Å²) in [5.41, 5.74) is 0. The SMILES string of the molecule is CN=C(NCCNC(=O)C1CCCCC1)NCC1CCCS1. The summed E-state index contributed by atoms with van der Waals surface area (Å²) in [7, 11) is 1.79. The molecule has 1 saturated heterocycles. The zero-order chi connectivity index (χ0) is 15.6. The van der Waals surface area contributed by atoms with Crippen LogP contribution in [-0.4, -0.2) is 49.6 Å². The number of nitrogens with one attached hydrogen (secondary N) is 3. The molecule has 0 aromatic heterocycles. The first-order valence-electron chi connectivity index (χ1n) is 8.63. The molecule has 1 aliphatic carbocycles. The summed E-state index contributed by atoms with van der Waals surface area (Å²) in [6.07, 6.45) is 8.43. The van der Waals surface area contributed by atoms with Gasteiger partial charge >= 0.3 is 0 Å². The fourth-order valence-electron chi connectivity index (χ4n) is 3.11. The standard InChI is InChI=1S/C16H30N4OS/c1-17-16(20-12-14-8-5-11-22-14)19-10-9-18-15(21)13-6-3-2-4-7-13/h13-14H,2-12H2,1H3,(H,18,21)(H2,17,19,20). The molecule has 1 amide bonds. The molecular formula is C16H30N4OS. The Kier molecular flexibility index (Phi) is 7.91. The van der Waals surface area contributed by atoms with Crippen LogP contribution in [0, 0.1) is 5.92 Å². The average molecular weight is 327 g/mol. The molecule has 1 heterocycles. The van der Waals surface area contributed by atoms with E-state index in [1.165, 1.54) is 37.9 Å². The van der Waals surface area contributed by atoms with Gasteiger partial charge in [0.05, 0.1) is 0 Å². The molecule has 22 heavy (non-hydrogen) atoms. The van der Waals surface area contributed by atoms with Crippen molar-refractivity contribution in [2.75, 3.05) is 32.4 Å². The van der Waals surface area contributed by atoms with Crippen molar-refractivity contribution in [1.29, 1.82) is 0 Å². The maximum atomic E-state index is 12.0. The second-order valence-electron chi connectivity index (χ2n) is 6.14. The second-order valence-corrected chi connectivity index (χ2v) is 7.55. The van der Waals surface area contributed by atoms with Crippen molar-refractivity contribution >= 4 is 23.6 Å². The van der Waals surface area contributed by atoms with Gasteiger partial charge in [-0.05, 0) is 31.4 Å². The Bertz CT molecular complexity index is 363. The fraction of sp³-hybridized carbons (Fsp3) is 0.875. The number of hydrogen-bond donors (Lipinski definition) is 3. The Morgan fingerprint density at radius 1 is 1.05 bits per heavy atom. The Labute approximate surface area is 138 Å². The van der Waals surface area contributed by atoms with E-state index < -0.39 is 0 Å². The minimum absolute atomic E-state index is 0.229. The summed E-state index contributed by atoms with van der Waals surface area (Å²) in [5, 5.41) is 10.4. The van der Waals surface area contributed by atoms with Gasteiger partial charge < -0.3 is 16.0 Å². The predicted octanol–water partition coefficient (Wildman–Crippen LogP) is 1.74. The van der Waals surface area contributed by atoms with Crippen LogP contribution in [0.5, 0.6) is 0 Å². The highest BCUT2D eigenvalue weighted by Gasteiger charge is 2.20. The molecule has 2 aliphatic rings. The highest BCUT2D eigenvalue weighted by atomic mass is 32.2. The molecule has 1 atom stereocenters. The smallest absolute Gasteiger partial charge is 0.223 e. The molecule has 0 aromatic rings. The summed E-state index contributed by atoms with van der Waals surface area (Å²) < 4.78 is 0. The number of guanidine groups is 1. The van der Waals surface area contributed by atoms with E-state index in [-0.39, 0.29) is 11.8 Å². The predicted molar refractivity (Wildman–Crippen MR) is 94.4 cm³/mol. The highest BCUT2D eigenvalue weighted by molar-refractivity contribution is 8.00. The third kappa shape index (κ3) is 6.07. The molecule has 0 radical (unpaired) electrons. The summed E-state index contributed by atoms with van der Waals surface area (Å²) >= 11 is 2.04. The van der Waals surface area contributed by atoms with Gasteiger partial charge in [-0.2, -0.15) is 11.8 Å². The van der Waals surface area contributed by atoms with Crippen molar-refractivity contribution in [3.63, 3.8) is 0 Å². The van der Waals surface area contributed by atoms with E-state index in [1.807, 2.05) is 11.8 Å².